The van der Waals surface area contributed by atoms with Crippen LogP contribution in [0.25, 0.3) is 0 Å². The summed E-state index contributed by atoms with van der Waals surface area (Å²) < 4.78 is 18.0. The van der Waals surface area contributed by atoms with Gasteiger partial charge in [0.2, 0.25) is 0 Å². The normalized spacial score (nSPS) is 22.4. The summed E-state index contributed by atoms with van der Waals surface area (Å²) in [6.07, 6.45) is 6.79. The van der Waals surface area contributed by atoms with Gasteiger partial charge in [0.05, 0.1) is 26.3 Å². The highest BCUT2D eigenvalue weighted by atomic mass is 28.3. The number of methoxy groups -OCH3 is 1. The lowest BCUT2D eigenvalue weighted by molar-refractivity contribution is 0.0411. The van der Waals surface area contributed by atoms with E-state index in [0.717, 1.165) is 12.0 Å². The minimum atomic E-state index is -1.95. The van der Waals surface area contributed by atoms with Crippen molar-refractivity contribution in [3.63, 3.8) is 0 Å². The van der Waals surface area contributed by atoms with Crippen LogP contribution in [0, 0.1) is 11.8 Å². The minimum Gasteiger partial charge on any atom is -0.444 e. The summed E-state index contributed by atoms with van der Waals surface area (Å²) in [4.78, 5) is 13.0. The second-order valence-electron chi connectivity index (χ2n) is 13.2. The molecule has 2 aromatic rings. The Morgan fingerprint density at radius 1 is 1.10 bits per heavy atom. The van der Waals surface area contributed by atoms with Gasteiger partial charge < -0.3 is 19.5 Å². The molecule has 224 valence electrons. The molecule has 1 amide bonds. The van der Waals surface area contributed by atoms with Crippen molar-refractivity contribution >= 4 is 19.4 Å². The van der Waals surface area contributed by atoms with Crippen LogP contribution in [0.2, 0.25) is 18.6 Å². The summed E-state index contributed by atoms with van der Waals surface area (Å²) in [5, 5.41) is 4.57. The molecule has 0 bridgehead atoms. The molecule has 0 aromatic heterocycles. The van der Waals surface area contributed by atoms with E-state index in [-0.39, 0.29) is 24.2 Å². The third-order valence-electron chi connectivity index (χ3n) is 8.17. The van der Waals surface area contributed by atoms with Crippen LogP contribution < -0.4 is 10.5 Å². The molecule has 6 atom stereocenters. The van der Waals surface area contributed by atoms with E-state index >= 15 is 0 Å². The van der Waals surface area contributed by atoms with E-state index in [1.54, 1.807) is 7.11 Å². The minimum absolute atomic E-state index is 0.0671. The monoisotopic (exact) mass is 577 g/mol. The van der Waals surface area contributed by atoms with Crippen LogP contribution in [-0.2, 0) is 20.6 Å². The predicted molar refractivity (Wildman–Crippen MR) is 172 cm³/mol. The third kappa shape index (κ3) is 9.42. The van der Waals surface area contributed by atoms with Gasteiger partial charge in [-0.05, 0) is 51.1 Å². The van der Waals surface area contributed by atoms with Crippen LogP contribution >= 0.6 is 0 Å². The van der Waals surface area contributed by atoms with Crippen LogP contribution in [0.15, 0.2) is 84.5 Å². The molecule has 0 spiro atoms. The molecule has 6 heteroatoms. The molecule has 1 aliphatic rings. The largest absolute Gasteiger partial charge is 0.444 e. The Hall–Kier alpha value is -2.67. The van der Waals surface area contributed by atoms with Crippen LogP contribution in [0.5, 0.6) is 0 Å². The Morgan fingerprint density at radius 3 is 2.29 bits per heavy atom. The predicted octanol–water partition coefficient (Wildman–Crippen LogP) is 7.30. The maximum Gasteiger partial charge on any atom is 0.408 e. The summed E-state index contributed by atoms with van der Waals surface area (Å²) in [5.41, 5.74) is 2.11. The van der Waals surface area contributed by atoms with Gasteiger partial charge in [-0.2, -0.15) is 0 Å². The molecule has 1 fully saturated rings. The van der Waals surface area contributed by atoms with Crippen molar-refractivity contribution in [2.45, 2.75) is 90.4 Å². The highest BCUT2D eigenvalue weighted by molar-refractivity contribution is 6.91. The van der Waals surface area contributed by atoms with Gasteiger partial charge >= 0.3 is 6.09 Å². The highest BCUT2D eigenvalue weighted by Crippen LogP contribution is 2.42. The Labute approximate surface area is 249 Å². The van der Waals surface area contributed by atoms with Gasteiger partial charge in [0.15, 0.2) is 0 Å². The van der Waals surface area contributed by atoms with Crippen LogP contribution in [0.4, 0.5) is 4.79 Å². The fourth-order valence-electron chi connectivity index (χ4n) is 6.15. The van der Waals surface area contributed by atoms with E-state index in [4.69, 9.17) is 14.2 Å². The molecular weight excluding hydrogens is 526 g/mol. The number of carbonyl (C=O) groups excluding carboxylic acids is 1. The van der Waals surface area contributed by atoms with E-state index in [1.165, 1.54) is 10.8 Å². The zero-order valence-corrected chi connectivity index (χ0v) is 27.5. The number of hydrogen-bond acceptors (Lipinski definition) is 4. The number of allylic oxidation sites excluding steroid dienone is 2. The van der Waals surface area contributed by atoms with Crippen molar-refractivity contribution < 1.29 is 19.0 Å². The summed E-state index contributed by atoms with van der Waals surface area (Å²) in [7, 11) is -0.176. The highest BCUT2D eigenvalue weighted by Gasteiger charge is 2.49. The smallest absolute Gasteiger partial charge is 0.408 e. The van der Waals surface area contributed by atoms with Crippen molar-refractivity contribution in [3.05, 3.63) is 90.0 Å². The first kappa shape index (κ1) is 32.8. The number of nitrogens with one attached hydrogen (secondary N) is 1. The van der Waals surface area contributed by atoms with E-state index in [2.05, 4.69) is 112 Å². The van der Waals surface area contributed by atoms with Gasteiger partial charge in [0.25, 0.3) is 0 Å². The fraction of sp³-hybridized carbons (Fsp3) is 0.514. The first-order chi connectivity index (χ1) is 19.3. The molecule has 41 heavy (non-hydrogen) atoms. The molecule has 0 saturated carbocycles. The maximum absolute atomic E-state index is 13.0. The van der Waals surface area contributed by atoms with E-state index < -0.39 is 19.8 Å². The molecule has 1 N–H and O–H groups in total. The second-order valence-corrected chi connectivity index (χ2v) is 17.8. The van der Waals surface area contributed by atoms with Crippen LogP contribution in [-0.4, -0.2) is 51.7 Å². The maximum atomic E-state index is 13.0. The van der Waals surface area contributed by atoms with Crippen molar-refractivity contribution in [3.8, 4) is 0 Å². The van der Waals surface area contributed by atoms with Gasteiger partial charge in [0.1, 0.15) is 5.60 Å². The number of ether oxygens (including phenoxy) is 3. The van der Waals surface area contributed by atoms with Crippen LogP contribution in [0.3, 0.4) is 0 Å². The van der Waals surface area contributed by atoms with Gasteiger partial charge in [-0.1, -0.05) is 117 Å². The van der Waals surface area contributed by atoms with Crippen LogP contribution in [0.1, 0.15) is 47.1 Å². The van der Waals surface area contributed by atoms with Crippen molar-refractivity contribution in [1.82, 2.24) is 5.32 Å². The zero-order chi connectivity index (χ0) is 30.2. The van der Waals surface area contributed by atoms with Crippen molar-refractivity contribution in [2.75, 3.05) is 13.7 Å². The number of carbonyl (C=O) groups is 1. The lowest BCUT2D eigenvalue weighted by Gasteiger charge is -2.38. The molecular formula is C35H51NO4Si. The molecule has 1 saturated heterocycles. The number of hydrogen-bond donors (Lipinski definition) is 1. The number of amides is 1. The molecule has 1 heterocycles. The van der Waals surface area contributed by atoms with E-state index in [0.29, 0.717) is 18.1 Å². The fourth-order valence-corrected chi connectivity index (χ4v) is 10.2. The first-order valence-corrected chi connectivity index (χ1v) is 18.0. The van der Waals surface area contributed by atoms with Gasteiger partial charge in [-0.25, -0.2) is 4.79 Å². The number of alkyl carbamates (subject to hydrolysis) is 1. The molecule has 2 aromatic carbocycles. The molecule has 0 radical (unpaired) electrons. The Bertz CT molecular complexity index is 1160. The molecule has 0 aliphatic carbocycles. The molecule has 0 unspecified atom stereocenters. The Balaban J connectivity index is 1.86. The molecule has 3 rings (SSSR count). The van der Waals surface area contributed by atoms with Gasteiger partial charge in [-0.3, -0.25) is 0 Å². The topological polar surface area (TPSA) is 56.8 Å². The van der Waals surface area contributed by atoms with Crippen molar-refractivity contribution in [1.29, 1.82) is 0 Å². The number of benzene rings is 2. The zero-order valence-electron chi connectivity index (χ0n) is 26.5. The summed E-state index contributed by atoms with van der Waals surface area (Å²) in [5.74, 6) is 0.595. The van der Waals surface area contributed by atoms with E-state index in [1.807, 2.05) is 26.8 Å². The van der Waals surface area contributed by atoms with E-state index in [9.17, 15) is 4.79 Å². The second kappa shape index (κ2) is 14.5. The standard InChI is InChI=1S/C35H51NO4Si/c1-25(22-26(2)31(38-7)23-28-16-12-10-13-17-28)20-21-30(36-34(37)40-35(4,5)6)32-33(27(3)24-39-32)41(8,9)29-18-14-11-15-19-29/h10-22,26-27,30-33H,23-24H2,1-9H3,(H,36,37)/b21-20+,25-22+/t26-,27-,30+,31-,32-,33+/m1/s1. The third-order valence-corrected chi connectivity index (χ3v) is 12.6. The summed E-state index contributed by atoms with van der Waals surface area (Å²) in [6, 6.07) is 20.9. The number of rotatable bonds is 11. The lowest BCUT2D eigenvalue weighted by Crippen LogP contribution is -2.55. The molecule has 1 aliphatic heterocycles. The van der Waals surface area contributed by atoms with Gasteiger partial charge in [-0.15, -0.1) is 0 Å². The SMILES string of the molecule is CO[C@H](Cc1ccccc1)[C@H](C)/C=C(C)/C=C/[C@H](NC(=O)OC(C)(C)C)[C@H]1OC[C@@H](C)[C@@H]1[Si](C)(C)c1ccccc1. The molecule has 5 nitrogen and oxygen atoms in total. The summed E-state index contributed by atoms with van der Waals surface area (Å²) in [6.45, 7) is 17.7. The Kier molecular flexibility index (Phi) is 11.6. The van der Waals surface area contributed by atoms with Crippen molar-refractivity contribution in [2.24, 2.45) is 11.8 Å². The summed E-state index contributed by atoms with van der Waals surface area (Å²) >= 11 is 0. The quantitative estimate of drug-likeness (QED) is 0.225. The Morgan fingerprint density at radius 2 is 1.71 bits per heavy atom. The lowest BCUT2D eigenvalue weighted by atomic mass is 9.95. The first-order valence-electron chi connectivity index (χ1n) is 14.9. The van der Waals surface area contributed by atoms with Gasteiger partial charge in [0, 0.05) is 19.6 Å². The average molecular weight is 578 g/mol. The average Bonchev–Trinajstić information content (AvgIpc) is 3.31.